The van der Waals surface area contributed by atoms with Gasteiger partial charge in [0.1, 0.15) is 16.5 Å². The largest absolute Gasteiger partial charge is 0.362 e. The molecule has 0 fully saturated rings. The number of carbonyl (C=O) groups excluding carboxylic acids is 1. The van der Waals surface area contributed by atoms with Gasteiger partial charge in [0.15, 0.2) is 5.13 Å². The molecule has 0 aliphatic carbocycles. The molecular weight excluding hydrogens is 348 g/mol. The molecule has 3 heterocycles. The van der Waals surface area contributed by atoms with E-state index in [0.29, 0.717) is 4.88 Å². The number of amides is 1. The number of hydrogen-bond acceptors (Lipinski definition) is 6. The first-order valence-corrected chi connectivity index (χ1v) is 9.55. The molecule has 2 aromatic heterocycles. The van der Waals surface area contributed by atoms with Crippen molar-refractivity contribution < 1.29 is 4.79 Å². The third-order valence-corrected chi connectivity index (χ3v) is 5.27. The van der Waals surface area contributed by atoms with Crippen LogP contribution in [0.1, 0.15) is 40.2 Å². The molecule has 0 saturated carbocycles. The maximum atomic E-state index is 12.3. The summed E-state index contributed by atoms with van der Waals surface area (Å²) in [4.78, 5) is 17.1. The van der Waals surface area contributed by atoms with E-state index in [1.807, 2.05) is 31.2 Å². The molecule has 1 aliphatic rings. The van der Waals surface area contributed by atoms with E-state index in [0.717, 1.165) is 60.4 Å². The molecule has 8 heteroatoms. The van der Waals surface area contributed by atoms with Gasteiger partial charge >= 0.3 is 0 Å². The third-order valence-electron chi connectivity index (χ3n) is 4.32. The van der Waals surface area contributed by atoms with Gasteiger partial charge in [0.2, 0.25) is 0 Å². The van der Waals surface area contributed by atoms with Crippen LogP contribution >= 0.6 is 11.3 Å². The number of nitrogens with zero attached hydrogens (tertiary/aromatic N) is 4. The maximum absolute atomic E-state index is 12.3. The van der Waals surface area contributed by atoms with Gasteiger partial charge in [-0.05, 0) is 31.0 Å². The van der Waals surface area contributed by atoms with E-state index in [4.69, 9.17) is 0 Å². The lowest BCUT2D eigenvalue weighted by atomic mass is 10.1. The van der Waals surface area contributed by atoms with Crippen LogP contribution in [0, 0.1) is 0 Å². The number of aromatic nitrogens is 4. The zero-order valence-corrected chi connectivity index (χ0v) is 15.3. The van der Waals surface area contributed by atoms with E-state index in [1.165, 1.54) is 11.3 Å². The lowest BCUT2D eigenvalue weighted by molar-refractivity contribution is 0.103. The van der Waals surface area contributed by atoms with Crippen LogP contribution in [-0.4, -0.2) is 32.2 Å². The molecule has 134 valence electrons. The van der Waals surface area contributed by atoms with Crippen LogP contribution < -0.4 is 10.6 Å². The molecule has 0 atom stereocenters. The Morgan fingerprint density at radius 3 is 2.92 bits per heavy atom. The second kappa shape index (κ2) is 7.25. The number of nitrogens with one attached hydrogen (secondary N) is 2. The van der Waals surface area contributed by atoms with Crippen molar-refractivity contribution in [2.45, 2.75) is 32.7 Å². The zero-order valence-electron chi connectivity index (χ0n) is 14.5. The quantitative estimate of drug-likeness (QED) is 0.699. The number of thiazole rings is 1. The van der Waals surface area contributed by atoms with Gasteiger partial charge in [0.05, 0.1) is 6.20 Å². The molecule has 0 spiro atoms. The fourth-order valence-electron chi connectivity index (χ4n) is 3.03. The Morgan fingerprint density at radius 1 is 1.27 bits per heavy atom. The summed E-state index contributed by atoms with van der Waals surface area (Å²) in [6, 6.07) is 7.87. The van der Waals surface area contributed by atoms with Crippen molar-refractivity contribution in [2.24, 2.45) is 0 Å². The minimum absolute atomic E-state index is 0.144. The van der Waals surface area contributed by atoms with Crippen molar-refractivity contribution in [3.05, 3.63) is 52.6 Å². The smallest absolute Gasteiger partial charge is 0.267 e. The van der Waals surface area contributed by atoms with Crippen LogP contribution in [0.4, 0.5) is 10.8 Å². The van der Waals surface area contributed by atoms with Gasteiger partial charge in [-0.2, -0.15) is 0 Å². The van der Waals surface area contributed by atoms with E-state index in [-0.39, 0.29) is 5.91 Å². The molecular formula is C18H20N6OS. The van der Waals surface area contributed by atoms with Crippen LogP contribution in [0.2, 0.25) is 0 Å². The van der Waals surface area contributed by atoms with Crippen LogP contribution in [0.5, 0.6) is 0 Å². The Morgan fingerprint density at radius 2 is 2.12 bits per heavy atom. The number of hydrogen-bond donors (Lipinski definition) is 2. The van der Waals surface area contributed by atoms with E-state index >= 15 is 0 Å². The summed E-state index contributed by atoms with van der Waals surface area (Å²) in [6.07, 6.45) is 4.52. The van der Waals surface area contributed by atoms with Crippen LogP contribution in [0.15, 0.2) is 30.5 Å². The summed E-state index contributed by atoms with van der Waals surface area (Å²) in [7, 11) is 0. The Kier molecular flexibility index (Phi) is 4.66. The molecule has 0 saturated heterocycles. The standard InChI is InChI=1S/C18H20N6OS/c1-2-19-18-20-11-14(26-18)17(25)21-13-7-5-12(6-8-13)10-16-23-22-15-4-3-9-24(15)16/h5-8,11H,2-4,9-10H2,1H3,(H,19,20)(H,21,25). The number of benzene rings is 1. The number of carbonyl (C=O) groups is 1. The van der Waals surface area contributed by atoms with Crippen molar-refractivity contribution in [1.29, 1.82) is 0 Å². The zero-order chi connectivity index (χ0) is 17.9. The number of fused-ring (bicyclic) bond motifs is 1. The number of rotatable bonds is 6. The SMILES string of the molecule is CCNc1ncc(C(=O)Nc2ccc(Cc3nnc4n3CCC4)cc2)s1. The van der Waals surface area contributed by atoms with Gasteiger partial charge in [-0.1, -0.05) is 23.5 Å². The molecule has 2 N–H and O–H groups in total. The Bertz CT molecular complexity index is 914. The first-order valence-electron chi connectivity index (χ1n) is 8.74. The fourth-order valence-corrected chi connectivity index (χ4v) is 3.81. The molecule has 1 aromatic carbocycles. The lowest BCUT2D eigenvalue weighted by Gasteiger charge is -2.06. The summed E-state index contributed by atoms with van der Waals surface area (Å²) in [5.74, 6) is 1.95. The summed E-state index contributed by atoms with van der Waals surface area (Å²) >= 11 is 1.35. The minimum Gasteiger partial charge on any atom is -0.362 e. The molecule has 0 radical (unpaired) electrons. The molecule has 0 unspecified atom stereocenters. The van der Waals surface area contributed by atoms with Crippen molar-refractivity contribution in [1.82, 2.24) is 19.7 Å². The Labute approximate surface area is 155 Å². The first-order chi connectivity index (χ1) is 12.7. The summed E-state index contributed by atoms with van der Waals surface area (Å²) < 4.78 is 2.21. The van der Waals surface area contributed by atoms with Crippen LogP contribution in [0.25, 0.3) is 0 Å². The predicted molar refractivity (Wildman–Crippen MR) is 102 cm³/mol. The van der Waals surface area contributed by atoms with Crippen molar-refractivity contribution in [3.63, 3.8) is 0 Å². The first kappa shape index (κ1) is 16.7. The number of anilines is 2. The average Bonchev–Trinajstić information content (AvgIpc) is 3.35. The Balaban J connectivity index is 1.40. The van der Waals surface area contributed by atoms with Crippen molar-refractivity contribution >= 4 is 28.1 Å². The Hall–Kier alpha value is -2.74. The lowest BCUT2D eigenvalue weighted by Crippen LogP contribution is -2.10. The van der Waals surface area contributed by atoms with E-state index in [1.54, 1.807) is 6.20 Å². The van der Waals surface area contributed by atoms with Gasteiger partial charge < -0.3 is 15.2 Å². The topological polar surface area (TPSA) is 84.7 Å². The predicted octanol–water partition coefficient (Wildman–Crippen LogP) is 2.96. The second-order valence-electron chi connectivity index (χ2n) is 6.18. The summed E-state index contributed by atoms with van der Waals surface area (Å²) in [5.41, 5.74) is 1.92. The van der Waals surface area contributed by atoms with Gasteiger partial charge in [-0.15, -0.1) is 10.2 Å². The van der Waals surface area contributed by atoms with E-state index in [2.05, 4.69) is 30.4 Å². The molecule has 3 aromatic rings. The fraction of sp³-hybridized carbons (Fsp3) is 0.333. The molecule has 0 bridgehead atoms. The normalized spacial score (nSPS) is 12.8. The third kappa shape index (κ3) is 3.45. The minimum atomic E-state index is -0.144. The van der Waals surface area contributed by atoms with Gasteiger partial charge in [-0.3, -0.25) is 4.79 Å². The van der Waals surface area contributed by atoms with Crippen molar-refractivity contribution in [2.75, 3.05) is 17.2 Å². The van der Waals surface area contributed by atoms with Crippen LogP contribution in [-0.2, 0) is 19.4 Å². The van der Waals surface area contributed by atoms with Crippen LogP contribution in [0.3, 0.4) is 0 Å². The van der Waals surface area contributed by atoms with E-state index in [9.17, 15) is 4.79 Å². The van der Waals surface area contributed by atoms with Gasteiger partial charge in [0, 0.05) is 31.6 Å². The second-order valence-corrected chi connectivity index (χ2v) is 7.21. The molecule has 1 aliphatic heterocycles. The van der Waals surface area contributed by atoms with Gasteiger partial charge in [0.25, 0.3) is 5.91 Å². The molecule has 7 nitrogen and oxygen atoms in total. The highest BCUT2D eigenvalue weighted by Crippen LogP contribution is 2.21. The average molecular weight is 368 g/mol. The van der Waals surface area contributed by atoms with Gasteiger partial charge in [-0.25, -0.2) is 4.98 Å². The summed E-state index contributed by atoms with van der Waals surface area (Å²) in [6.45, 7) is 3.79. The molecule has 26 heavy (non-hydrogen) atoms. The summed E-state index contributed by atoms with van der Waals surface area (Å²) in [5, 5.41) is 15.3. The molecule has 4 rings (SSSR count). The van der Waals surface area contributed by atoms with E-state index < -0.39 is 0 Å². The number of aryl methyl sites for hydroxylation is 1. The highest BCUT2D eigenvalue weighted by molar-refractivity contribution is 7.17. The maximum Gasteiger partial charge on any atom is 0.267 e. The highest BCUT2D eigenvalue weighted by Gasteiger charge is 2.17. The highest BCUT2D eigenvalue weighted by atomic mass is 32.1. The van der Waals surface area contributed by atoms with Crippen molar-refractivity contribution in [3.8, 4) is 0 Å². The monoisotopic (exact) mass is 368 g/mol. The molecule has 1 amide bonds.